The molecule has 0 radical (unpaired) electrons. The summed E-state index contributed by atoms with van der Waals surface area (Å²) in [7, 11) is 0. The van der Waals surface area contributed by atoms with E-state index in [4.69, 9.17) is 15.9 Å². The zero-order valence-electron chi connectivity index (χ0n) is 14.2. The van der Waals surface area contributed by atoms with Crippen LogP contribution >= 0.6 is 0 Å². The molecule has 0 aliphatic heterocycles. The molecule has 0 aromatic carbocycles. The third-order valence-corrected chi connectivity index (χ3v) is 2.77. The Balaban J connectivity index is 4.06. The molecule has 0 aliphatic rings. The van der Waals surface area contributed by atoms with E-state index < -0.39 is 74.3 Å². The van der Waals surface area contributed by atoms with Gasteiger partial charge in [0.05, 0.1) is 32.8 Å². The van der Waals surface area contributed by atoms with Gasteiger partial charge in [0.25, 0.3) is 0 Å². The van der Waals surface area contributed by atoms with Crippen LogP contribution in [-0.4, -0.2) is 91.1 Å². The highest BCUT2D eigenvalue weighted by molar-refractivity contribution is 5.92. The van der Waals surface area contributed by atoms with Crippen molar-refractivity contribution in [3.63, 3.8) is 0 Å². The van der Waals surface area contributed by atoms with Crippen molar-refractivity contribution in [3.05, 3.63) is 0 Å². The van der Waals surface area contributed by atoms with E-state index in [1.54, 1.807) is 0 Å². The molecule has 14 heteroatoms. The Bertz CT molecular complexity index is 581. The maximum atomic E-state index is 11.7. The minimum atomic E-state index is -1.28. The van der Waals surface area contributed by atoms with E-state index in [2.05, 4.69) is 21.3 Å². The third kappa shape index (κ3) is 11.8. The predicted octanol–water partition coefficient (Wildman–Crippen LogP) is -6.03. The van der Waals surface area contributed by atoms with Gasteiger partial charge >= 0.3 is 5.97 Å². The summed E-state index contributed by atoms with van der Waals surface area (Å²) in [6, 6.07) is -1.28. The second-order valence-electron chi connectivity index (χ2n) is 4.95. The average molecular weight is 390 g/mol. The minimum absolute atomic E-state index is 0.381. The molecule has 0 aromatic heterocycles. The summed E-state index contributed by atoms with van der Waals surface area (Å²) >= 11 is 0. The summed E-state index contributed by atoms with van der Waals surface area (Å²) < 4.78 is 0. The molecule has 0 fully saturated rings. The molecule has 0 rings (SSSR count). The van der Waals surface area contributed by atoms with E-state index in [1.165, 1.54) is 0 Å². The van der Waals surface area contributed by atoms with Crippen molar-refractivity contribution >= 4 is 35.5 Å². The number of aliphatic hydroxyl groups is 1. The number of carbonyl (C=O) groups is 6. The normalized spacial score (nSPS) is 10.9. The van der Waals surface area contributed by atoms with E-state index in [0.29, 0.717) is 0 Å². The molecule has 0 saturated heterocycles. The molecule has 5 amide bonds. The molecule has 9 N–H and O–H groups in total. The number of carbonyl (C=O) groups excluding carboxylic acids is 5. The molecule has 0 bridgehead atoms. The number of aliphatic hydroxyl groups excluding tert-OH is 1. The Hall–Kier alpha value is -3.26. The molecule has 0 aliphatic carbocycles. The van der Waals surface area contributed by atoms with Crippen molar-refractivity contribution in [1.29, 1.82) is 0 Å². The smallest absolute Gasteiger partial charge is 0.322 e. The topological polar surface area (TPSA) is 229 Å². The van der Waals surface area contributed by atoms with Crippen molar-refractivity contribution in [3.8, 4) is 0 Å². The lowest BCUT2D eigenvalue weighted by Gasteiger charge is -2.15. The molecule has 14 nitrogen and oxygen atoms in total. The Morgan fingerprint density at radius 1 is 0.741 bits per heavy atom. The minimum Gasteiger partial charge on any atom is -0.480 e. The van der Waals surface area contributed by atoms with Gasteiger partial charge in [-0.3, -0.25) is 28.8 Å². The first-order valence-electron chi connectivity index (χ1n) is 7.59. The number of hydrogen-bond acceptors (Lipinski definition) is 8. The summed E-state index contributed by atoms with van der Waals surface area (Å²) in [6.07, 6.45) is 0. The molecule has 0 heterocycles. The Kier molecular flexibility index (Phi) is 11.4. The summed E-state index contributed by atoms with van der Waals surface area (Å²) in [4.78, 5) is 67.1. The van der Waals surface area contributed by atoms with Gasteiger partial charge in [-0.1, -0.05) is 0 Å². The summed E-state index contributed by atoms with van der Waals surface area (Å²) in [5, 5.41) is 28.0. The van der Waals surface area contributed by atoms with E-state index in [9.17, 15) is 28.8 Å². The number of nitrogens with two attached hydrogens (primary N) is 1. The highest BCUT2D eigenvalue weighted by atomic mass is 16.4. The fraction of sp³-hybridized carbons (Fsp3) is 0.538. The lowest BCUT2D eigenvalue weighted by atomic mass is 10.3. The van der Waals surface area contributed by atoms with Gasteiger partial charge in [0.2, 0.25) is 29.5 Å². The van der Waals surface area contributed by atoms with Crippen LogP contribution in [0.15, 0.2) is 0 Å². The second kappa shape index (κ2) is 13.0. The van der Waals surface area contributed by atoms with Crippen molar-refractivity contribution < 1.29 is 39.0 Å². The fourth-order valence-electron chi connectivity index (χ4n) is 1.46. The molecule has 0 saturated carbocycles. The maximum Gasteiger partial charge on any atom is 0.322 e. The lowest BCUT2D eigenvalue weighted by molar-refractivity contribution is -0.137. The first kappa shape index (κ1) is 23.7. The van der Waals surface area contributed by atoms with Crippen LogP contribution < -0.4 is 32.3 Å². The van der Waals surface area contributed by atoms with Gasteiger partial charge in [0.1, 0.15) is 12.6 Å². The van der Waals surface area contributed by atoms with Crippen LogP contribution in [0.2, 0.25) is 0 Å². The average Bonchev–Trinajstić information content (AvgIpc) is 2.64. The quantitative estimate of drug-likeness (QED) is 0.158. The number of aliphatic carboxylic acids is 1. The van der Waals surface area contributed by atoms with Crippen molar-refractivity contribution in [2.24, 2.45) is 5.73 Å². The van der Waals surface area contributed by atoms with Gasteiger partial charge in [-0.25, -0.2) is 0 Å². The monoisotopic (exact) mass is 390 g/mol. The van der Waals surface area contributed by atoms with Crippen molar-refractivity contribution in [2.75, 3.05) is 39.3 Å². The highest BCUT2D eigenvalue weighted by Crippen LogP contribution is 1.83. The molecular weight excluding hydrogens is 368 g/mol. The predicted molar refractivity (Wildman–Crippen MR) is 87.7 cm³/mol. The summed E-state index contributed by atoms with van der Waals surface area (Å²) in [6.45, 7) is -3.17. The molecule has 0 aromatic rings. The SMILES string of the molecule is NCC(=O)N[C@@H](CO)C(=O)NCC(=O)NCC(=O)NCC(=O)NCC(=O)O. The van der Waals surface area contributed by atoms with Gasteiger partial charge in [-0.15, -0.1) is 0 Å². The third-order valence-electron chi connectivity index (χ3n) is 2.77. The molecule has 0 spiro atoms. The zero-order chi connectivity index (χ0) is 20.8. The van der Waals surface area contributed by atoms with Crippen LogP contribution in [-0.2, 0) is 28.8 Å². The van der Waals surface area contributed by atoms with Crippen LogP contribution in [0.1, 0.15) is 0 Å². The molecule has 0 unspecified atom stereocenters. The highest BCUT2D eigenvalue weighted by Gasteiger charge is 2.19. The van der Waals surface area contributed by atoms with E-state index in [0.717, 1.165) is 0 Å². The molecule has 1 atom stereocenters. The van der Waals surface area contributed by atoms with Crippen LogP contribution in [0.4, 0.5) is 0 Å². The van der Waals surface area contributed by atoms with Crippen LogP contribution in [0.5, 0.6) is 0 Å². The van der Waals surface area contributed by atoms with Crippen molar-refractivity contribution in [2.45, 2.75) is 6.04 Å². The Morgan fingerprint density at radius 2 is 1.19 bits per heavy atom. The number of rotatable bonds is 12. The first-order valence-corrected chi connectivity index (χ1v) is 7.59. The van der Waals surface area contributed by atoms with Gasteiger partial charge in [-0.2, -0.15) is 0 Å². The Morgan fingerprint density at radius 3 is 1.59 bits per heavy atom. The van der Waals surface area contributed by atoms with Gasteiger partial charge in [0, 0.05) is 0 Å². The fourth-order valence-corrected chi connectivity index (χ4v) is 1.46. The number of amides is 5. The number of carboxylic acid groups (broad SMARTS) is 1. The maximum absolute atomic E-state index is 11.7. The van der Waals surface area contributed by atoms with Gasteiger partial charge in [-0.05, 0) is 0 Å². The van der Waals surface area contributed by atoms with Crippen molar-refractivity contribution in [1.82, 2.24) is 26.6 Å². The van der Waals surface area contributed by atoms with Gasteiger partial charge in [0.15, 0.2) is 0 Å². The molecule has 152 valence electrons. The van der Waals surface area contributed by atoms with E-state index >= 15 is 0 Å². The summed E-state index contributed by atoms with van der Waals surface area (Å²) in [5.74, 6) is -4.92. The largest absolute Gasteiger partial charge is 0.480 e. The number of hydrogen-bond donors (Lipinski definition) is 8. The van der Waals surface area contributed by atoms with E-state index in [-0.39, 0.29) is 6.54 Å². The van der Waals surface area contributed by atoms with E-state index in [1.807, 2.05) is 5.32 Å². The molecule has 27 heavy (non-hydrogen) atoms. The van der Waals surface area contributed by atoms with Gasteiger partial charge < -0.3 is 42.5 Å². The first-order chi connectivity index (χ1) is 12.7. The summed E-state index contributed by atoms with van der Waals surface area (Å²) in [5.41, 5.74) is 5.06. The standard InChI is InChI=1S/C13H22N6O8/c14-1-8(21)19-7(6-20)13(27)18-4-11(24)16-2-9(22)15-3-10(23)17-5-12(25)26/h7,20H,1-6,14H2,(H,15,22)(H,16,24)(H,17,23)(H,18,27)(H,19,21)(H,25,26)/t7-/m0/s1. The zero-order valence-corrected chi connectivity index (χ0v) is 14.2. The van der Waals surface area contributed by atoms with Crippen LogP contribution in [0, 0.1) is 0 Å². The molecular formula is C13H22N6O8. The second-order valence-corrected chi connectivity index (χ2v) is 4.95. The lowest BCUT2D eigenvalue weighted by Crippen LogP contribution is -2.52. The number of nitrogens with one attached hydrogen (secondary N) is 5. The van der Waals surface area contributed by atoms with Crippen LogP contribution in [0.25, 0.3) is 0 Å². The number of carboxylic acids is 1. The van der Waals surface area contributed by atoms with Crippen LogP contribution in [0.3, 0.4) is 0 Å². The Labute approximate surface area is 153 Å².